The van der Waals surface area contributed by atoms with Gasteiger partial charge in [-0.3, -0.25) is 14.6 Å². The molecule has 1 heterocycles. The van der Waals surface area contributed by atoms with Gasteiger partial charge in [0, 0.05) is 31.4 Å². The molecule has 0 spiro atoms. The zero-order valence-corrected chi connectivity index (χ0v) is 18.1. The van der Waals surface area contributed by atoms with Crippen LogP contribution in [0.4, 0.5) is 4.39 Å². The molecule has 2 unspecified atom stereocenters. The largest absolute Gasteiger partial charge is 0.366 e. The van der Waals surface area contributed by atoms with E-state index in [1.807, 2.05) is 37.3 Å². The number of hydrogen-bond donors (Lipinski definition) is 2. The number of nitrogens with two attached hydrogens (primary N) is 1. The first kappa shape index (κ1) is 23.5. The number of primary amides is 1. The normalized spacial score (nSPS) is 13.3. The number of nitrogens with zero attached hydrogens (tertiary/aromatic N) is 2. The van der Waals surface area contributed by atoms with Crippen molar-refractivity contribution in [1.29, 1.82) is 0 Å². The topological polar surface area (TPSA) is 88.3 Å². The third kappa shape index (κ3) is 6.62. The van der Waals surface area contributed by atoms with Gasteiger partial charge >= 0.3 is 0 Å². The van der Waals surface area contributed by atoms with Crippen molar-refractivity contribution in [2.24, 2.45) is 11.7 Å². The van der Waals surface area contributed by atoms with Crippen molar-refractivity contribution in [3.63, 3.8) is 0 Å². The summed E-state index contributed by atoms with van der Waals surface area (Å²) in [5.41, 5.74) is 6.83. The van der Waals surface area contributed by atoms with Crippen LogP contribution in [-0.2, 0) is 11.2 Å². The van der Waals surface area contributed by atoms with E-state index in [9.17, 15) is 14.0 Å². The van der Waals surface area contributed by atoms with E-state index < -0.39 is 11.7 Å². The van der Waals surface area contributed by atoms with Crippen molar-refractivity contribution in [1.82, 2.24) is 15.2 Å². The first-order valence-electron chi connectivity index (χ1n) is 10.1. The summed E-state index contributed by atoms with van der Waals surface area (Å²) in [6, 6.07) is 8.28. The second kappa shape index (κ2) is 10.8. The number of carbonyl (C=O) groups is 2. The number of pyridine rings is 1. The third-order valence-corrected chi connectivity index (χ3v) is 5.36. The highest BCUT2D eigenvalue weighted by Gasteiger charge is 2.21. The predicted molar refractivity (Wildman–Crippen MR) is 116 cm³/mol. The Hall–Kier alpha value is -2.80. The molecule has 0 radical (unpaired) electrons. The summed E-state index contributed by atoms with van der Waals surface area (Å²) in [5.74, 6) is -1.05. The fraction of sp³-hybridized carbons (Fsp3) is 0.435. The Morgan fingerprint density at radius 3 is 2.50 bits per heavy atom. The van der Waals surface area contributed by atoms with E-state index in [1.54, 1.807) is 12.3 Å². The zero-order valence-electron chi connectivity index (χ0n) is 18.1. The average molecular weight is 415 g/mol. The van der Waals surface area contributed by atoms with Crippen molar-refractivity contribution in [2.75, 3.05) is 20.6 Å². The first-order valence-corrected chi connectivity index (χ1v) is 10.1. The lowest BCUT2D eigenvalue weighted by Gasteiger charge is -2.26. The van der Waals surface area contributed by atoms with Crippen LogP contribution in [0, 0.1) is 11.7 Å². The van der Waals surface area contributed by atoms with Gasteiger partial charge in [0.05, 0.1) is 5.56 Å². The SMILES string of the molecule is CC(C)C(CC(=O)NCC(Cc1ccc(C(N)=O)c(F)c1)N(C)C)c1cccnc1. The van der Waals surface area contributed by atoms with Crippen LogP contribution in [0.5, 0.6) is 0 Å². The van der Waals surface area contributed by atoms with E-state index in [0.717, 1.165) is 11.1 Å². The average Bonchev–Trinajstić information content (AvgIpc) is 2.69. The number of amides is 2. The van der Waals surface area contributed by atoms with Gasteiger partial charge in [-0.15, -0.1) is 0 Å². The number of nitrogens with one attached hydrogen (secondary N) is 1. The summed E-state index contributed by atoms with van der Waals surface area (Å²) in [7, 11) is 3.83. The highest BCUT2D eigenvalue weighted by Crippen LogP contribution is 2.27. The van der Waals surface area contributed by atoms with E-state index in [1.165, 1.54) is 12.1 Å². The van der Waals surface area contributed by atoms with Gasteiger partial charge in [-0.1, -0.05) is 26.0 Å². The lowest BCUT2D eigenvalue weighted by molar-refractivity contribution is -0.121. The molecule has 0 aliphatic carbocycles. The van der Waals surface area contributed by atoms with Crippen molar-refractivity contribution >= 4 is 11.8 Å². The standard InChI is InChI=1S/C23H31FN4O2/c1-15(2)20(17-6-5-9-26-13-17)12-22(29)27-14-18(28(3)4)10-16-7-8-19(23(25)30)21(24)11-16/h5-9,11,13,15,18,20H,10,12,14H2,1-4H3,(H2,25,30)(H,27,29). The number of halogens is 1. The van der Waals surface area contributed by atoms with E-state index >= 15 is 0 Å². The predicted octanol–water partition coefficient (Wildman–Crippen LogP) is 2.74. The van der Waals surface area contributed by atoms with Crippen molar-refractivity contribution in [3.8, 4) is 0 Å². The summed E-state index contributed by atoms with van der Waals surface area (Å²) < 4.78 is 14.1. The van der Waals surface area contributed by atoms with Crippen LogP contribution in [0.25, 0.3) is 0 Å². The lowest BCUT2D eigenvalue weighted by Crippen LogP contribution is -2.42. The second-order valence-corrected chi connectivity index (χ2v) is 8.15. The van der Waals surface area contributed by atoms with Gasteiger partial charge in [-0.25, -0.2) is 4.39 Å². The highest BCUT2D eigenvalue weighted by atomic mass is 19.1. The number of benzene rings is 1. The number of likely N-dealkylation sites (N-methyl/N-ethyl adjacent to an activating group) is 1. The molecule has 30 heavy (non-hydrogen) atoms. The van der Waals surface area contributed by atoms with E-state index in [0.29, 0.717) is 25.3 Å². The Balaban J connectivity index is 1.99. The van der Waals surface area contributed by atoms with Gasteiger partial charge in [-0.2, -0.15) is 0 Å². The highest BCUT2D eigenvalue weighted by molar-refractivity contribution is 5.93. The Morgan fingerprint density at radius 1 is 1.23 bits per heavy atom. The van der Waals surface area contributed by atoms with Crippen LogP contribution in [0.3, 0.4) is 0 Å². The molecule has 0 bridgehead atoms. The molecule has 2 atom stereocenters. The summed E-state index contributed by atoms with van der Waals surface area (Å²) in [5, 5.41) is 3.01. The monoisotopic (exact) mass is 414 g/mol. The van der Waals surface area contributed by atoms with Crippen LogP contribution in [0.15, 0.2) is 42.7 Å². The fourth-order valence-electron chi connectivity index (χ4n) is 3.43. The van der Waals surface area contributed by atoms with Crippen LogP contribution >= 0.6 is 0 Å². The second-order valence-electron chi connectivity index (χ2n) is 8.15. The van der Waals surface area contributed by atoms with Crippen LogP contribution in [0.2, 0.25) is 0 Å². The van der Waals surface area contributed by atoms with Crippen LogP contribution < -0.4 is 11.1 Å². The maximum Gasteiger partial charge on any atom is 0.251 e. The summed E-state index contributed by atoms with van der Waals surface area (Å²) in [4.78, 5) is 30.0. The Labute approximate surface area is 177 Å². The van der Waals surface area contributed by atoms with Gasteiger partial charge in [0.1, 0.15) is 5.82 Å². The van der Waals surface area contributed by atoms with Gasteiger partial charge in [0.15, 0.2) is 0 Å². The molecular weight excluding hydrogens is 383 g/mol. The van der Waals surface area contributed by atoms with E-state index in [2.05, 4.69) is 24.1 Å². The Kier molecular flexibility index (Phi) is 8.47. The van der Waals surface area contributed by atoms with Crippen molar-refractivity contribution in [3.05, 3.63) is 65.2 Å². The lowest BCUT2D eigenvalue weighted by atomic mass is 9.86. The maximum atomic E-state index is 14.1. The minimum absolute atomic E-state index is 0.0244. The number of carbonyl (C=O) groups excluding carboxylic acids is 2. The Bertz CT molecular complexity index is 856. The van der Waals surface area contributed by atoms with Gasteiger partial charge < -0.3 is 16.0 Å². The molecule has 0 saturated heterocycles. The maximum absolute atomic E-state index is 14.1. The summed E-state index contributed by atoms with van der Waals surface area (Å²) >= 11 is 0. The smallest absolute Gasteiger partial charge is 0.251 e. The molecule has 0 saturated carbocycles. The molecule has 2 aromatic rings. The molecule has 7 heteroatoms. The molecule has 2 rings (SSSR count). The van der Waals surface area contributed by atoms with Crippen molar-refractivity contribution < 1.29 is 14.0 Å². The number of hydrogen-bond acceptors (Lipinski definition) is 4. The summed E-state index contributed by atoms with van der Waals surface area (Å²) in [6.07, 6.45) is 4.44. The van der Waals surface area contributed by atoms with Crippen LogP contribution in [-0.4, -0.2) is 48.4 Å². The minimum Gasteiger partial charge on any atom is -0.366 e. The molecule has 3 N–H and O–H groups in total. The first-order chi connectivity index (χ1) is 14.2. The quantitative estimate of drug-likeness (QED) is 0.626. The summed E-state index contributed by atoms with van der Waals surface area (Å²) in [6.45, 7) is 4.62. The number of aromatic nitrogens is 1. The minimum atomic E-state index is -0.788. The van der Waals surface area contributed by atoms with E-state index in [-0.39, 0.29) is 23.4 Å². The molecule has 162 valence electrons. The third-order valence-electron chi connectivity index (χ3n) is 5.36. The number of rotatable bonds is 10. The van der Waals surface area contributed by atoms with E-state index in [4.69, 9.17) is 5.73 Å². The van der Waals surface area contributed by atoms with Gasteiger partial charge in [0.2, 0.25) is 5.91 Å². The molecule has 0 aliphatic rings. The molecule has 6 nitrogen and oxygen atoms in total. The molecule has 0 aliphatic heterocycles. The molecule has 0 fully saturated rings. The molecule has 1 aromatic carbocycles. The van der Waals surface area contributed by atoms with Gasteiger partial charge in [0.25, 0.3) is 5.91 Å². The fourth-order valence-corrected chi connectivity index (χ4v) is 3.43. The van der Waals surface area contributed by atoms with Gasteiger partial charge in [-0.05, 0) is 61.7 Å². The van der Waals surface area contributed by atoms with Crippen LogP contribution in [0.1, 0.15) is 47.7 Å². The van der Waals surface area contributed by atoms with Crippen molar-refractivity contribution in [2.45, 2.75) is 38.6 Å². The molecule has 2 amide bonds. The molecular formula is C23H31FN4O2. The molecule has 1 aromatic heterocycles. The zero-order chi connectivity index (χ0) is 22.3. The Morgan fingerprint density at radius 2 is 1.97 bits per heavy atom.